The third-order valence-corrected chi connectivity index (χ3v) is 2.59. The van der Waals surface area contributed by atoms with Gasteiger partial charge in [0.2, 0.25) is 5.88 Å². The number of pyridine rings is 1. The van der Waals surface area contributed by atoms with Crippen LogP contribution in [0, 0.1) is 0 Å². The van der Waals surface area contributed by atoms with Crippen LogP contribution in [0.5, 0.6) is 5.88 Å². The van der Waals surface area contributed by atoms with Gasteiger partial charge in [-0.25, -0.2) is 4.98 Å². The van der Waals surface area contributed by atoms with Gasteiger partial charge in [-0.2, -0.15) is 13.2 Å². The first-order valence-electron chi connectivity index (χ1n) is 6.40. The summed E-state index contributed by atoms with van der Waals surface area (Å²) in [6.45, 7) is 0.388. The highest BCUT2D eigenvalue weighted by Gasteiger charge is 2.28. The van der Waals surface area contributed by atoms with Gasteiger partial charge in [0.15, 0.2) is 6.61 Å². The molecular weight excluding hydrogens is 305 g/mol. The van der Waals surface area contributed by atoms with Crippen LogP contribution in [-0.4, -0.2) is 52.7 Å². The Kier molecular flexibility index (Phi) is 6.14. The van der Waals surface area contributed by atoms with Gasteiger partial charge in [0, 0.05) is 19.2 Å². The molecule has 1 amide bonds. The number of aromatic nitrogens is 1. The van der Waals surface area contributed by atoms with Gasteiger partial charge in [-0.05, 0) is 13.0 Å². The van der Waals surface area contributed by atoms with Crippen LogP contribution in [0.2, 0.25) is 0 Å². The number of ether oxygens (including phenoxy) is 1. The van der Waals surface area contributed by atoms with Gasteiger partial charge < -0.3 is 14.7 Å². The van der Waals surface area contributed by atoms with E-state index in [1.165, 1.54) is 23.1 Å². The van der Waals surface area contributed by atoms with Crippen LogP contribution >= 0.6 is 0 Å². The molecule has 0 radical (unpaired) electrons. The molecule has 0 bridgehead atoms. The highest BCUT2D eigenvalue weighted by Crippen LogP contribution is 2.17. The molecule has 6 nitrogen and oxygen atoms in total. The molecular formula is C13H15F3N2O4. The number of carboxylic acid groups (broad SMARTS) is 1. The number of amides is 1. The number of alkyl halides is 3. The maximum absolute atomic E-state index is 12.1. The number of carbonyl (C=O) groups is 2. The van der Waals surface area contributed by atoms with E-state index in [0.29, 0.717) is 0 Å². The van der Waals surface area contributed by atoms with E-state index in [2.05, 4.69) is 9.72 Å². The van der Waals surface area contributed by atoms with E-state index < -0.39 is 24.7 Å². The smallest absolute Gasteiger partial charge is 0.422 e. The van der Waals surface area contributed by atoms with Crippen LogP contribution in [0.1, 0.15) is 23.8 Å². The van der Waals surface area contributed by atoms with Gasteiger partial charge in [0.25, 0.3) is 5.91 Å². The van der Waals surface area contributed by atoms with Crippen molar-refractivity contribution in [2.45, 2.75) is 19.5 Å². The van der Waals surface area contributed by atoms with Crippen LogP contribution in [0.25, 0.3) is 0 Å². The lowest BCUT2D eigenvalue weighted by Gasteiger charge is -2.19. The predicted molar refractivity (Wildman–Crippen MR) is 69.6 cm³/mol. The number of halogens is 3. The van der Waals surface area contributed by atoms with E-state index in [0.717, 1.165) is 0 Å². The molecule has 122 valence electrons. The maximum atomic E-state index is 12.1. The molecule has 1 heterocycles. The van der Waals surface area contributed by atoms with Gasteiger partial charge >= 0.3 is 12.1 Å². The van der Waals surface area contributed by atoms with Crippen LogP contribution in [0.3, 0.4) is 0 Å². The molecule has 0 spiro atoms. The maximum Gasteiger partial charge on any atom is 0.422 e. The molecule has 0 aliphatic carbocycles. The van der Waals surface area contributed by atoms with Crippen molar-refractivity contribution in [3.8, 4) is 5.88 Å². The fourth-order valence-electron chi connectivity index (χ4n) is 1.57. The van der Waals surface area contributed by atoms with Crippen LogP contribution in [-0.2, 0) is 4.79 Å². The molecule has 0 unspecified atom stereocenters. The number of hydrogen-bond donors (Lipinski definition) is 1. The third-order valence-electron chi connectivity index (χ3n) is 2.59. The quantitative estimate of drug-likeness (QED) is 0.831. The summed E-state index contributed by atoms with van der Waals surface area (Å²) in [5, 5.41) is 8.62. The standard InChI is InChI=1S/C13H15F3N2O4/c1-2-18(7-6-11(19)20)12(21)9-4-3-5-10(17-9)22-8-13(14,15)16/h3-5H,2,6-8H2,1H3,(H,19,20). The highest BCUT2D eigenvalue weighted by atomic mass is 19.4. The fourth-order valence-corrected chi connectivity index (χ4v) is 1.57. The average molecular weight is 320 g/mol. The van der Waals surface area contributed by atoms with Crippen molar-refractivity contribution >= 4 is 11.9 Å². The van der Waals surface area contributed by atoms with E-state index in [-0.39, 0.29) is 31.1 Å². The van der Waals surface area contributed by atoms with Gasteiger partial charge in [-0.3, -0.25) is 9.59 Å². The highest BCUT2D eigenvalue weighted by molar-refractivity contribution is 5.92. The second kappa shape index (κ2) is 7.62. The number of carbonyl (C=O) groups excluding carboxylic acids is 1. The molecule has 1 aromatic rings. The summed E-state index contributed by atoms with van der Waals surface area (Å²) in [4.78, 5) is 27.6. The van der Waals surface area contributed by atoms with E-state index >= 15 is 0 Å². The normalized spacial score (nSPS) is 11.1. The topological polar surface area (TPSA) is 79.7 Å². The van der Waals surface area contributed by atoms with E-state index in [1.54, 1.807) is 6.92 Å². The van der Waals surface area contributed by atoms with Crippen molar-refractivity contribution in [3.63, 3.8) is 0 Å². The lowest BCUT2D eigenvalue weighted by atomic mass is 10.3. The Labute approximate surface area is 124 Å². The molecule has 0 saturated carbocycles. The van der Waals surface area contributed by atoms with Gasteiger partial charge in [-0.1, -0.05) is 6.07 Å². The summed E-state index contributed by atoms with van der Waals surface area (Å²) in [6.07, 6.45) is -4.73. The zero-order valence-corrected chi connectivity index (χ0v) is 11.8. The van der Waals surface area contributed by atoms with Crippen molar-refractivity contribution in [3.05, 3.63) is 23.9 Å². The molecule has 1 aromatic heterocycles. The van der Waals surface area contributed by atoms with Gasteiger partial charge in [0.05, 0.1) is 6.42 Å². The number of rotatable bonds is 7. The molecule has 9 heteroatoms. The molecule has 0 atom stereocenters. The summed E-state index contributed by atoms with van der Waals surface area (Å²) in [5.74, 6) is -1.94. The Morgan fingerprint density at radius 2 is 2.05 bits per heavy atom. The minimum absolute atomic E-state index is 0.0139. The monoisotopic (exact) mass is 320 g/mol. The molecule has 0 aromatic carbocycles. The SMILES string of the molecule is CCN(CCC(=O)O)C(=O)c1cccc(OCC(F)(F)F)n1. The Hall–Kier alpha value is -2.32. The summed E-state index contributed by atoms with van der Waals surface area (Å²) in [6, 6.07) is 3.87. The first-order chi connectivity index (χ1) is 10.2. The van der Waals surface area contributed by atoms with Crippen LogP contribution < -0.4 is 4.74 Å². The van der Waals surface area contributed by atoms with Crippen molar-refractivity contribution in [2.75, 3.05) is 19.7 Å². The minimum Gasteiger partial charge on any atom is -0.481 e. The largest absolute Gasteiger partial charge is 0.481 e. The summed E-state index contributed by atoms with van der Waals surface area (Å²) < 4.78 is 40.7. The van der Waals surface area contributed by atoms with E-state index in [9.17, 15) is 22.8 Å². The second-order valence-electron chi connectivity index (χ2n) is 4.29. The fraction of sp³-hybridized carbons (Fsp3) is 0.462. The van der Waals surface area contributed by atoms with Gasteiger partial charge in [-0.15, -0.1) is 0 Å². The second-order valence-corrected chi connectivity index (χ2v) is 4.29. The Bertz CT molecular complexity index is 534. The van der Waals surface area contributed by atoms with Crippen LogP contribution in [0.4, 0.5) is 13.2 Å². The predicted octanol–water partition coefficient (Wildman–Crippen LogP) is 1.96. The van der Waals surface area contributed by atoms with Crippen molar-refractivity contribution in [1.29, 1.82) is 0 Å². The van der Waals surface area contributed by atoms with Gasteiger partial charge in [0.1, 0.15) is 5.69 Å². The molecule has 22 heavy (non-hydrogen) atoms. The number of carboxylic acids is 1. The molecule has 0 fully saturated rings. The van der Waals surface area contributed by atoms with Crippen LogP contribution in [0.15, 0.2) is 18.2 Å². The van der Waals surface area contributed by atoms with Crippen molar-refractivity contribution in [1.82, 2.24) is 9.88 Å². The Balaban J connectivity index is 2.77. The van der Waals surface area contributed by atoms with Crippen molar-refractivity contribution in [2.24, 2.45) is 0 Å². The number of hydrogen-bond acceptors (Lipinski definition) is 4. The summed E-state index contributed by atoms with van der Waals surface area (Å²) in [7, 11) is 0. The lowest BCUT2D eigenvalue weighted by molar-refractivity contribution is -0.154. The molecule has 0 aliphatic heterocycles. The van der Waals surface area contributed by atoms with E-state index in [4.69, 9.17) is 5.11 Å². The van der Waals surface area contributed by atoms with E-state index in [1.807, 2.05) is 0 Å². The molecule has 0 saturated heterocycles. The number of aliphatic carboxylic acids is 1. The number of nitrogens with zero attached hydrogens (tertiary/aromatic N) is 2. The third kappa shape index (κ3) is 5.98. The lowest BCUT2D eigenvalue weighted by Crippen LogP contribution is -2.33. The van der Waals surface area contributed by atoms with Crippen molar-refractivity contribution < 1.29 is 32.6 Å². The zero-order valence-electron chi connectivity index (χ0n) is 11.8. The molecule has 1 N–H and O–H groups in total. The minimum atomic E-state index is -4.50. The molecule has 1 rings (SSSR count). The first kappa shape index (κ1) is 17.7. The average Bonchev–Trinajstić information content (AvgIpc) is 2.45. The summed E-state index contributed by atoms with van der Waals surface area (Å²) >= 11 is 0. The first-order valence-corrected chi connectivity index (χ1v) is 6.40. The summed E-state index contributed by atoms with van der Waals surface area (Å²) in [5.41, 5.74) is -0.105. The zero-order chi connectivity index (χ0) is 16.8. The molecule has 0 aliphatic rings. The Morgan fingerprint density at radius 3 is 2.59 bits per heavy atom. The Morgan fingerprint density at radius 1 is 1.36 bits per heavy atom.